The zero-order chi connectivity index (χ0) is 29.4. The van der Waals surface area contributed by atoms with Crippen LogP contribution in [0.2, 0.25) is 0 Å². The molecule has 218 valence electrons. The fourth-order valence-corrected chi connectivity index (χ4v) is 7.36. The quantitative estimate of drug-likeness (QED) is 0.314. The summed E-state index contributed by atoms with van der Waals surface area (Å²) in [6, 6.07) is 13.0. The van der Waals surface area contributed by atoms with Crippen LogP contribution in [0, 0.1) is 11.8 Å². The van der Waals surface area contributed by atoms with E-state index in [4.69, 9.17) is 4.74 Å². The molecule has 8 heteroatoms. The number of carbonyl (C=O) groups excluding carboxylic acids is 3. The Balaban J connectivity index is 1.56. The van der Waals surface area contributed by atoms with Crippen molar-refractivity contribution in [2.75, 3.05) is 38.2 Å². The highest BCUT2D eigenvalue weighted by atomic mass is 16.5. The summed E-state index contributed by atoms with van der Waals surface area (Å²) in [5.41, 5.74) is -1.20. The van der Waals surface area contributed by atoms with Gasteiger partial charge in [0.05, 0.1) is 17.4 Å². The fourth-order valence-electron chi connectivity index (χ4n) is 7.36. The molecule has 2 aromatic carbocycles. The van der Waals surface area contributed by atoms with Crippen LogP contribution in [0.15, 0.2) is 67.8 Å². The zero-order valence-corrected chi connectivity index (χ0v) is 24.1. The molecule has 3 aliphatic heterocycles. The van der Waals surface area contributed by atoms with E-state index in [1.54, 1.807) is 33.9 Å². The number of aliphatic hydroxyl groups is 1. The van der Waals surface area contributed by atoms with Gasteiger partial charge in [0.1, 0.15) is 11.6 Å². The Labute approximate surface area is 242 Å². The van der Waals surface area contributed by atoms with E-state index in [0.29, 0.717) is 38.8 Å². The molecule has 2 unspecified atom stereocenters. The Bertz CT molecular complexity index is 1360. The largest absolute Gasteiger partial charge is 0.396 e. The topological polar surface area (TPSA) is 90.4 Å². The minimum Gasteiger partial charge on any atom is -0.396 e. The Hall–Kier alpha value is -3.49. The minimum atomic E-state index is -1.09. The summed E-state index contributed by atoms with van der Waals surface area (Å²) in [6.07, 6.45) is 6.46. The minimum absolute atomic E-state index is 0.0750. The van der Waals surface area contributed by atoms with Crippen LogP contribution in [0.3, 0.4) is 0 Å². The van der Waals surface area contributed by atoms with Crippen molar-refractivity contribution >= 4 is 34.2 Å². The first kappa shape index (κ1) is 29.0. The van der Waals surface area contributed by atoms with E-state index in [0.717, 1.165) is 22.9 Å². The molecule has 2 aromatic rings. The van der Waals surface area contributed by atoms with Crippen LogP contribution in [0.25, 0.3) is 10.8 Å². The van der Waals surface area contributed by atoms with E-state index in [1.165, 1.54) is 0 Å². The van der Waals surface area contributed by atoms with Gasteiger partial charge in [-0.3, -0.25) is 14.4 Å². The molecule has 1 N–H and O–H groups in total. The van der Waals surface area contributed by atoms with Crippen LogP contribution in [-0.2, 0) is 19.1 Å². The van der Waals surface area contributed by atoms with Crippen molar-refractivity contribution in [1.29, 1.82) is 0 Å². The molecule has 0 radical (unpaired) electrons. The Morgan fingerprint density at radius 1 is 1.05 bits per heavy atom. The highest BCUT2D eigenvalue weighted by Crippen LogP contribution is 2.63. The number of fused-ring (bicyclic) bond motifs is 2. The molecule has 5 rings (SSSR count). The summed E-state index contributed by atoms with van der Waals surface area (Å²) in [5, 5.41) is 11.4. The smallest absolute Gasteiger partial charge is 0.253 e. The monoisotopic (exact) mass is 559 g/mol. The van der Waals surface area contributed by atoms with Gasteiger partial charge in [-0.15, -0.1) is 13.2 Å². The SMILES string of the molecule is C=CCN(C)C(=O)[C@H]1[C@H]2C(=O)N(CCCCCO)C(C(=O)N(CC=C)c3ccc4ccccc4c3)C23CC[C@]1(C)O3. The first-order valence-corrected chi connectivity index (χ1v) is 14.6. The summed E-state index contributed by atoms with van der Waals surface area (Å²) in [6.45, 7) is 10.6. The number of hydrogen-bond acceptors (Lipinski definition) is 5. The third kappa shape index (κ3) is 4.77. The third-order valence-electron chi connectivity index (χ3n) is 9.24. The number of unbranched alkanes of at least 4 members (excludes halogenated alkanes) is 2. The number of benzene rings is 2. The number of amides is 3. The predicted octanol–water partition coefficient (Wildman–Crippen LogP) is 3.93. The van der Waals surface area contributed by atoms with E-state index in [1.807, 2.05) is 49.4 Å². The number of rotatable bonds is 12. The number of aliphatic hydroxyl groups excluding tert-OH is 1. The number of ether oxygens (including phenoxy) is 1. The molecule has 3 amide bonds. The van der Waals surface area contributed by atoms with Gasteiger partial charge >= 0.3 is 0 Å². The molecule has 3 saturated heterocycles. The lowest BCUT2D eigenvalue weighted by Gasteiger charge is -2.37. The second kappa shape index (κ2) is 11.4. The Morgan fingerprint density at radius 3 is 2.49 bits per heavy atom. The normalized spacial score (nSPS) is 28.1. The molecule has 0 aliphatic carbocycles. The van der Waals surface area contributed by atoms with E-state index in [2.05, 4.69) is 13.2 Å². The standard InChI is InChI=1S/C33H41N3O5/c1-5-18-34(4)29(38)26-27-30(39)36(20-10-7-11-21-37)28(33(27)17-16-32(26,3)41-33)31(40)35(19-6-2)25-15-14-23-12-8-9-13-24(23)22-25/h5-6,8-9,12-15,22,26-28,37H,1-2,7,10-11,16-21H2,3-4H3/t26-,27+,28?,32+,33?/m1/s1. The molecule has 0 saturated carbocycles. The Kier molecular flexibility index (Phi) is 8.08. The van der Waals surface area contributed by atoms with Gasteiger partial charge in [0.25, 0.3) is 5.91 Å². The molecule has 2 bridgehead atoms. The maximum Gasteiger partial charge on any atom is 0.253 e. The first-order chi connectivity index (χ1) is 19.7. The highest BCUT2D eigenvalue weighted by Gasteiger charge is 2.78. The number of hydrogen-bond donors (Lipinski definition) is 1. The summed E-state index contributed by atoms with van der Waals surface area (Å²) >= 11 is 0. The lowest BCUT2D eigenvalue weighted by molar-refractivity contribution is -0.149. The molecular formula is C33H41N3O5. The average molecular weight is 560 g/mol. The molecule has 41 heavy (non-hydrogen) atoms. The van der Waals surface area contributed by atoms with Crippen molar-refractivity contribution in [3.05, 3.63) is 67.8 Å². The van der Waals surface area contributed by atoms with Gasteiger partial charge in [0.15, 0.2) is 0 Å². The van der Waals surface area contributed by atoms with Gasteiger partial charge in [0.2, 0.25) is 11.8 Å². The van der Waals surface area contributed by atoms with Crippen molar-refractivity contribution in [3.63, 3.8) is 0 Å². The van der Waals surface area contributed by atoms with E-state index in [9.17, 15) is 19.5 Å². The van der Waals surface area contributed by atoms with Crippen molar-refractivity contribution in [2.45, 2.75) is 56.3 Å². The van der Waals surface area contributed by atoms with Gasteiger partial charge < -0.3 is 24.5 Å². The number of nitrogens with zero attached hydrogens (tertiary/aromatic N) is 3. The molecule has 8 nitrogen and oxygen atoms in total. The predicted molar refractivity (Wildman–Crippen MR) is 159 cm³/mol. The van der Waals surface area contributed by atoms with E-state index in [-0.39, 0.29) is 30.9 Å². The second-order valence-corrected chi connectivity index (χ2v) is 11.8. The van der Waals surface area contributed by atoms with Crippen LogP contribution in [0.4, 0.5) is 5.69 Å². The zero-order valence-electron chi connectivity index (χ0n) is 24.1. The van der Waals surface area contributed by atoms with Crippen LogP contribution in [0.1, 0.15) is 39.0 Å². The highest BCUT2D eigenvalue weighted by molar-refractivity contribution is 6.06. The van der Waals surface area contributed by atoms with Crippen molar-refractivity contribution in [2.24, 2.45) is 11.8 Å². The molecule has 3 aliphatic rings. The summed E-state index contributed by atoms with van der Waals surface area (Å²) in [4.78, 5) is 47.7. The van der Waals surface area contributed by atoms with E-state index < -0.39 is 29.1 Å². The molecule has 3 heterocycles. The Morgan fingerprint density at radius 2 is 1.78 bits per heavy atom. The molecule has 5 atom stereocenters. The number of carbonyl (C=O) groups is 3. The van der Waals surface area contributed by atoms with Gasteiger partial charge in [-0.05, 0) is 61.9 Å². The second-order valence-electron chi connectivity index (χ2n) is 11.8. The van der Waals surface area contributed by atoms with Crippen LogP contribution < -0.4 is 4.90 Å². The van der Waals surface area contributed by atoms with E-state index >= 15 is 0 Å². The van der Waals surface area contributed by atoms with Crippen molar-refractivity contribution < 1.29 is 24.2 Å². The van der Waals surface area contributed by atoms with Crippen LogP contribution in [0.5, 0.6) is 0 Å². The van der Waals surface area contributed by atoms with Crippen molar-refractivity contribution in [1.82, 2.24) is 9.80 Å². The maximum atomic E-state index is 14.7. The van der Waals surface area contributed by atoms with Crippen molar-refractivity contribution in [3.8, 4) is 0 Å². The van der Waals surface area contributed by atoms with Crippen LogP contribution >= 0.6 is 0 Å². The summed E-state index contributed by atoms with van der Waals surface area (Å²) in [5.74, 6) is -2.00. The molecule has 1 spiro atoms. The van der Waals surface area contributed by atoms with Gasteiger partial charge in [-0.25, -0.2) is 0 Å². The lowest BCUT2D eigenvalue weighted by Crippen LogP contribution is -2.56. The number of likely N-dealkylation sites (N-methyl/N-ethyl adjacent to an activating group) is 1. The summed E-state index contributed by atoms with van der Waals surface area (Å²) < 4.78 is 6.78. The number of likely N-dealkylation sites (tertiary alicyclic amines) is 1. The van der Waals surface area contributed by atoms with Crippen LogP contribution in [-0.4, -0.2) is 83.2 Å². The molecule has 0 aromatic heterocycles. The summed E-state index contributed by atoms with van der Waals surface area (Å²) in [7, 11) is 1.71. The van der Waals surface area contributed by atoms with Gasteiger partial charge in [-0.1, -0.05) is 42.5 Å². The maximum absolute atomic E-state index is 14.7. The fraction of sp³-hybridized carbons (Fsp3) is 0.485. The third-order valence-corrected chi connectivity index (χ3v) is 9.24. The molecule has 3 fully saturated rings. The number of anilines is 1. The molecular weight excluding hydrogens is 518 g/mol. The lowest BCUT2D eigenvalue weighted by atomic mass is 9.66. The first-order valence-electron chi connectivity index (χ1n) is 14.6. The van der Waals surface area contributed by atoms with Gasteiger partial charge in [-0.2, -0.15) is 0 Å². The van der Waals surface area contributed by atoms with Gasteiger partial charge in [0, 0.05) is 39.0 Å². The average Bonchev–Trinajstić information content (AvgIpc) is 3.53.